The number of hydrogen-bond acceptors (Lipinski definition) is 3. The molecule has 3 N–H and O–H groups in total. The SMILES string of the molecule is CNCc1ccccc1NC(=O)c1ccc(O)cc1C. The average molecular weight is 270 g/mol. The maximum absolute atomic E-state index is 12.3. The minimum atomic E-state index is -0.175. The van der Waals surface area contributed by atoms with Gasteiger partial charge in [0.2, 0.25) is 0 Å². The van der Waals surface area contributed by atoms with Crippen molar-refractivity contribution in [2.75, 3.05) is 12.4 Å². The van der Waals surface area contributed by atoms with Crippen molar-refractivity contribution in [3.8, 4) is 5.75 Å². The highest BCUT2D eigenvalue weighted by molar-refractivity contribution is 6.05. The highest BCUT2D eigenvalue weighted by Crippen LogP contribution is 2.19. The summed E-state index contributed by atoms with van der Waals surface area (Å²) in [5.74, 6) is -0.0133. The molecule has 0 saturated carbocycles. The predicted molar refractivity (Wildman–Crippen MR) is 80.0 cm³/mol. The molecule has 0 atom stereocenters. The zero-order valence-corrected chi connectivity index (χ0v) is 11.6. The standard InChI is InChI=1S/C16H18N2O2/c1-11-9-13(19)7-8-14(11)16(20)18-15-6-4-3-5-12(15)10-17-2/h3-9,17,19H,10H2,1-2H3,(H,18,20). The van der Waals surface area contributed by atoms with Crippen LogP contribution in [-0.2, 0) is 6.54 Å². The minimum absolute atomic E-state index is 0.162. The molecule has 0 aliphatic carbocycles. The average Bonchev–Trinajstić information content (AvgIpc) is 2.41. The van der Waals surface area contributed by atoms with E-state index in [0.717, 1.165) is 16.8 Å². The molecule has 0 aromatic heterocycles. The summed E-state index contributed by atoms with van der Waals surface area (Å²) in [6.07, 6.45) is 0. The van der Waals surface area contributed by atoms with Gasteiger partial charge in [0.15, 0.2) is 0 Å². The molecule has 0 fully saturated rings. The summed E-state index contributed by atoms with van der Waals surface area (Å²) in [6.45, 7) is 2.49. The fourth-order valence-electron chi connectivity index (χ4n) is 2.08. The molecule has 20 heavy (non-hydrogen) atoms. The second-order valence-corrected chi connectivity index (χ2v) is 4.64. The quantitative estimate of drug-likeness (QED) is 0.800. The zero-order valence-electron chi connectivity index (χ0n) is 11.6. The normalized spacial score (nSPS) is 10.3. The Bertz CT molecular complexity index is 624. The van der Waals surface area contributed by atoms with E-state index in [1.165, 1.54) is 6.07 Å². The van der Waals surface area contributed by atoms with E-state index >= 15 is 0 Å². The molecule has 0 bridgehead atoms. The molecular formula is C16H18N2O2. The number of amides is 1. The van der Waals surface area contributed by atoms with Gasteiger partial charge in [0, 0.05) is 17.8 Å². The number of hydrogen-bond donors (Lipinski definition) is 3. The number of benzene rings is 2. The molecule has 4 heteroatoms. The number of phenols is 1. The number of aryl methyl sites for hydroxylation is 1. The highest BCUT2D eigenvalue weighted by atomic mass is 16.3. The van der Waals surface area contributed by atoms with Crippen LogP contribution in [0.4, 0.5) is 5.69 Å². The molecule has 2 rings (SSSR count). The van der Waals surface area contributed by atoms with Crippen molar-refractivity contribution in [2.45, 2.75) is 13.5 Å². The Balaban J connectivity index is 2.23. The summed E-state index contributed by atoms with van der Waals surface area (Å²) in [6, 6.07) is 12.4. The number of carbonyl (C=O) groups is 1. The lowest BCUT2D eigenvalue weighted by Crippen LogP contribution is -2.16. The van der Waals surface area contributed by atoms with Crippen LogP contribution in [0.25, 0.3) is 0 Å². The van der Waals surface area contributed by atoms with Crippen molar-refractivity contribution in [3.63, 3.8) is 0 Å². The molecular weight excluding hydrogens is 252 g/mol. The van der Waals surface area contributed by atoms with Crippen molar-refractivity contribution in [1.29, 1.82) is 0 Å². The van der Waals surface area contributed by atoms with Gasteiger partial charge < -0.3 is 15.7 Å². The number of para-hydroxylation sites is 1. The van der Waals surface area contributed by atoms with Crippen LogP contribution >= 0.6 is 0 Å². The lowest BCUT2D eigenvalue weighted by atomic mass is 10.1. The van der Waals surface area contributed by atoms with E-state index in [9.17, 15) is 9.90 Å². The summed E-state index contributed by atoms with van der Waals surface area (Å²) >= 11 is 0. The third kappa shape index (κ3) is 3.16. The number of nitrogens with one attached hydrogen (secondary N) is 2. The maximum atomic E-state index is 12.3. The van der Waals surface area contributed by atoms with Crippen molar-refractivity contribution >= 4 is 11.6 Å². The van der Waals surface area contributed by atoms with Gasteiger partial charge in [-0.05, 0) is 49.4 Å². The summed E-state index contributed by atoms with van der Waals surface area (Å²) in [4.78, 5) is 12.3. The highest BCUT2D eigenvalue weighted by Gasteiger charge is 2.11. The van der Waals surface area contributed by atoms with Gasteiger partial charge >= 0.3 is 0 Å². The molecule has 0 saturated heterocycles. The van der Waals surface area contributed by atoms with Crippen LogP contribution in [0.15, 0.2) is 42.5 Å². The number of rotatable bonds is 4. The first-order valence-electron chi connectivity index (χ1n) is 6.45. The van der Waals surface area contributed by atoms with Crippen molar-refractivity contribution in [1.82, 2.24) is 5.32 Å². The first-order valence-corrected chi connectivity index (χ1v) is 6.45. The van der Waals surface area contributed by atoms with Gasteiger partial charge in [-0.3, -0.25) is 4.79 Å². The van der Waals surface area contributed by atoms with Crippen LogP contribution in [0.5, 0.6) is 5.75 Å². The van der Waals surface area contributed by atoms with Gasteiger partial charge in [0.1, 0.15) is 5.75 Å². The molecule has 0 aliphatic rings. The van der Waals surface area contributed by atoms with E-state index < -0.39 is 0 Å². The summed E-state index contributed by atoms with van der Waals surface area (Å²) in [5.41, 5.74) is 3.12. The Morgan fingerprint density at radius 1 is 1.20 bits per heavy atom. The van der Waals surface area contributed by atoms with Gasteiger partial charge in [-0.15, -0.1) is 0 Å². The summed E-state index contributed by atoms with van der Waals surface area (Å²) in [5, 5.41) is 15.4. The Labute approximate surface area is 118 Å². The van der Waals surface area contributed by atoms with Crippen LogP contribution in [0.1, 0.15) is 21.5 Å². The monoisotopic (exact) mass is 270 g/mol. The molecule has 104 valence electrons. The van der Waals surface area contributed by atoms with Gasteiger partial charge in [-0.1, -0.05) is 18.2 Å². The third-order valence-electron chi connectivity index (χ3n) is 3.09. The molecule has 0 aliphatic heterocycles. The molecule has 2 aromatic rings. The Hall–Kier alpha value is -2.33. The van der Waals surface area contributed by atoms with Crippen LogP contribution in [-0.4, -0.2) is 18.1 Å². The molecule has 0 heterocycles. The topological polar surface area (TPSA) is 61.4 Å². The number of aromatic hydroxyl groups is 1. The number of phenolic OH excluding ortho intramolecular Hbond substituents is 1. The smallest absolute Gasteiger partial charge is 0.255 e. The number of carbonyl (C=O) groups excluding carboxylic acids is 1. The van der Waals surface area contributed by atoms with E-state index in [2.05, 4.69) is 10.6 Å². The molecule has 2 aromatic carbocycles. The second-order valence-electron chi connectivity index (χ2n) is 4.64. The Kier molecular flexibility index (Phi) is 4.38. The third-order valence-corrected chi connectivity index (χ3v) is 3.09. The number of anilines is 1. The largest absolute Gasteiger partial charge is 0.508 e. The summed E-state index contributed by atoms with van der Waals surface area (Å²) in [7, 11) is 1.86. The van der Waals surface area contributed by atoms with E-state index in [0.29, 0.717) is 12.1 Å². The van der Waals surface area contributed by atoms with Crippen molar-refractivity contribution in [2.24, 2.45) is 0 Å². The predicted octanol–water partition coefficient (Wildman–Crippen LogP) is 2.67. The lowest BCUT2D eigenvalue weighted by molar-refractivity contribution is 0.102. The molecule has 0 radical (unpaired) electrons. The fraction of sp³-hybridized carbons (Fsp3) is 0.188. The molecule has 1 amide bonds. The van der Waals surface area contributed by atoms with Crippen molar-refractivity contribution in [3.05, 3.63) is 59.2 Å². The van der Waals surface area contributed by atoms with E-state index in [1.54, 1.807) is 19.1 Å². The Morgan fingerprint density at radius 2 is 1.95 bits per heavy atom. The van der Waals surface area contributed by atoms with E-state index in [-0.39, 0.29) is 11.7 Å². The van der Waals surface area contributed by atoms with Gasteiger partial charge in [-0.2, -0.15) is 0 Å². The van der Waals surface area contributed by atoms with Crippen LogP contribution in [0.2, 0.25) is 0 Å². The van der Waals surface area contributed by atoms with Crippen LogP contribution in [0, 0.1) is 6.92 Å². The molecule has 4 nitrogen and oxygen atoms in total. The van der Waals surface area contributed by atoms with Crippen molar-refractivity contribution < 1.29 is 9.90 Å². The van der Waals surface area contributed by atoms with E-state index in [1.807, 2.05) is 31.3 Å². The van der Waals surface area contributed by atoms with Crippen LogP contribution < -0.4 is 10.6 Å². The lowest BCUT2D eigenvalue weighted by Gasteiger charge is -2.12. The fourth-order valence-corrected chi connectivity index (χ4v) is 2.08. The van der Waals surface area contributed by atoms with Gasteiger partial charge in [0.05, 0.1) is 0 Å². The van der Waals surface area contributed by atoms with Gasteiger partial charge in [-0.25, -0.2) is 0 Å². The second kappa shape index (κ2) is 6.21. The maximum Gasteiger partial charge on any atom is 0.255 e. The summed E-state index contributed by atoms with van der Waals surface area (Å²) < 4.78 is 0. The minimum Gasteiger partial charge on any atom is -0.508 e. The first-order chi connectivity index (χ1) is 9.61. The van der Waals surface area contributed by atoms with Crippen LogP contribution in [0.3, 0.4) is 0 Å². The molecule has 0 unspecified atom stereocenters. The van der Waals surface area contributed by atoms with Gasteiger partial charge in [0.25, 0.3) is 5.91 Å². The molecule has 0 spiro atoms. The Morgan fingerprint density at radius 3 is 2.65 bits per heavy atom. The zero-order chi connectivity index (χ0) is 14.5. The first kappa shape index (κ1) is 14.1. The van der Waals surface area contributed by atoms with E-state index in [4.69, 9.17) is 0 Å².